The average Bonchev–Trinajstić information content (AvgIpc) is 2.23. The number of likely N-dealkylation sites (N-methyl/N-ethyl adjacent to an activating group) is 1. The Labute approximate surface area is 83.7 Å². The molecule has 1 aliphatic rings. The second-order valence-electron chi connectivity index (χ2n) is 3.56. The molecule has 1 amide bonds. The Kier molecular flexibility index (Phi) is 2.50. The normalized spacial score (nSPS) is 22.5. The Morgan fingerprint density at radius 2 is 2.07 bits per heavy atom. The SMILES string of the molecule is CN1CCNC(c2ccccc2)C1=O. The fourth-order valence-corrected chi connectivity index (χ4v) is 1.70. The molecule has 1 saturated heterocycles. The van der Waals surface area contributed by atoms with Gasteiger partial charge in [0.05, 0.1) is 0 Å². The lowest BCUT2D eigenvalue weighted by Gasteiger charge is -2.30. The summed E-state index contributed by atoms with van der Waals surface area (Å²) in [6.07, 6.45) is 0. The molecule has 1 heterocycles. The molecule has 1 aromatic carbocycles. The third kappa shape index (κ3) is 1.63. The molecule has 1 aliphatic heterocycles. The zero-order valence-electron chi connectivity index (χ0n) is 8.23. The molecule has 0 aliphatic carbocycles. The van der Waals surface area contributed by atoms with Gasteiger partial charge in [-0.05, 0) is 5.56 Å². The zero-order chi connectivity index (χ0) is 9.97. The number of benzene rings is 1. The lowest BCUT2D eigenvalue weighted by Crippen LogP contribution is -2.48. The molecule has 2 rings (SSSR count). The third-order valence-electron chi connectivity index (χ3n) is 2.55. The summed E-state index contributed by atoms with van der Waals surface area (Å²) in [4.78, 5) is 13.6. The predicted octanol–water partition coefficient (Wildman–Crippen LogP) is 0.789. The van der Waals surface area contributed by atoms with Crippen LogP contribution in [-0.4, -0.2) is 30.9 Å². The van der Waals surface area contributed by atoms with Crippen molar-refractivity contribution in [1.29, 1.82) is 0 Å². The van der Waals surface area contributed by atoms with E-state index in [1.54, 1.807) is 4.90 Å². The highest BCUT2D eigenvalue weighted by atomic mass is 16.2. The van der Waals surface area contributed by atoms with E-state index in [2.05, 4.69) is 5.32 Å². The van der Waals surface area contributed by atoms with Crippen LogP contribution in [-0.2, 0) is 4.79 Å². The molecule has 1 N–H and O–H groups in total. The number of hydrogen-bond acceptors (Lipinski definition) is 2. The van der Waals surface area contributed by atoms with Crippen LogP contribution in [0.4, 0.5) is 0 Å². The molecule has 0 saturated carbocycles. The van der Waals surface area contributed by atoms with Gasteiger partial charge in [0, 0.05) is 20.1 Å². The summed E-state index contributed by atoms with van der Waals surface area (Å²) in [5.41, 5.74) is 1.05. The number of carbonyl (C=O) groups is 1. The van der Waals surface area contributed by atoms with Crippen molar-refractivity contribution in [3.8, 4) is 0 Å². The molecule has 1 aromatic rings. The molecule has 3 heteroatoms. The van der Waals surface area contributed by atoms with Crippen molar-refractivity contribution >= 4 is 5.91 Å². The number of piperazine rings is 1. The Morgan fingerprint density at radius 1 is 1.36 bits per heavy atom. The van der Waals surface area contributed by atoms with Crippen LogP contribution in [0.15, 0.2) is 30.3 Å². The summed E-state index contributed by atoms with van der Waals surface area (Å²) in [5, 5.41) is 3.22. The van der Waals surface area contributed by atoms with Crippen LogP contribution in [0.3, 0.4) is 0 Å². The predicted molar refractivity (Wildman–Crippen MR) is 54.8 cm³/mol. The molecule has 14 heavy (non-hydrogen) atoms. The highest BCUT2D eigenvalue weighted by Gasteiger charge is 2.26. The van der Waals surface area contributed by atoms with Crippen LogP contribution < -0.4 is 5.32 Å². The molecule has 1 fully saturated rings. The van der Waals surface area contributed by atoms with Crippen LogP contribution in [0.2, 0.25) is 0 Å². The molecule has 0 bridgehead atoms. The second kappa shape index (κ2) is 3.80. The van der Waals surface area contributed by atoms with Crippen molar-refractivity contribution in [2.45, 2.75) is 6.04 Å². The molecule has 0 spiro atoms. The van der Waals surface area contributed by atoms with E-state index in [1.807, 2.05) is 37.4 Å². The van der Waals surface area contributed by atoms with Crippen molar-refractivity contribution in [2.24, 2.45) is 0 Å². The zero-order valence-corrected chi connectivity index (χ0v) is 8.23. The molecule has 74 valence electrons. The Hall–Kier alpha value is -1.35. The summed E-state index contributed by atoms with van der Waals surface area (Å²) in [5.74, 6) is 0.155. The number of hydrogen-bond donors (Lipinski definition) is 1. The van der Waals surface area contributed by atoms with Gasteiger partial charge >= 0.3 is 0 Å². The lowest BCUT2D eigenvalue weighted by atomic mass is 10.0. The molecule has 1 atom stereocenters. The van der Waals surface area contributed by atoms with Gasteiger partial charge in [0.1, 0.15) is 6.04 Å². The van der Waals surface area contributed by atoms with E-state index in [0.29, 0.717) is 0 Å². The second-order valence-corrected chi connectivity index (χ2v) is 3.56. The summed E-state index contributed by atoms with van der Waals surface area (Å²) < 4.78 is 0. The molecule has 3 nitrogen and oxygen atoms in total. The van der Waals surface area contributed by atoms with Gasteiger partial charge < -0.3 is 10.2 Å². The number of rotatable bonds is 1. The third-order valence-corrected chi connectivity index (χ3v) is 2.55. The van der Waals surface area contributed by atoms with E-state index in [9.17, 15) is 4.79 Å². The minimum atomic E-state index is -0.157. The fraction of sp³-hybridized carbons (Fsp3) is 0.364. The first kappa shape index (κ1) is 9.21. The Bertz CT molecular complexity index is 323. The van der Waals surface area contributed by atoms with E-state index in [0.717, 1.165) is 18.7 Å². The van der Waals surface area contributed by atoms with Gasteiger partial charge in [0.2, 0.25) is 5.91 Å². The first-order valence-electron chi connectivity index (χ1n) is 4.82. The average molecular weight is 190 g/mol. The van der Waals surface area contributed by atoms with E-state index >= 15 is 0 Å². The quantitative estimate of drug-likeness (QED) is 0.710. The maximum Gasteiger partial charge on any atom is 0.244 e. The van der Waals surface area contributed by atoms with Crippen LogP contribution in [0.1, 0.15) is 11.6 Å². The largest absolute Gasteiger partial charge is 0.343 e. The summed E-state index contributed by atoms with van der Waals surface area (Å²) >= 11 is 0. The minimum absolute atomic E-state index is 0.155. The Morgan fingerprint density at radius 3 is 2.79 bits per heavy atom. The van der Waals surface area contributed by atoms with E-state index < -0.39 is 0 Å². The van der Waals surface area contributed by atoms with Crippen LogP contribution in [0, 0.1) is 0 Å². The van der Waals surface area contributed by atoms with Gasteiger partial charge in [0.15, 0.2) is 0 Å². The monoisotopic (exact) mass is 190 g/mol. The minimum Gasteiger partial charge on any atom is -0.343 e. The van der Waals surface area contributed by atoms with Gasteiger partial charge in [0.25, 0.3) is 0 Å². The van der Waals surface area contributed by atoms with E-state index in [1.165, 1.54) is 0 Å². The topological polar surface area (TPSA) is 32.3 Å². The van der Waals surface area contributed by atoms with Gasteiger partial charge in [-0.3, -0.25) is 4.79 Å². The standard InChI is InChI=1S/C11H14N2O/c1-13-8-7-12-10(11(13)14)9-5-3-2-4-6-9/h2-6,10,12H,7-8H2,1H3. The van der Waals surface area contributed by atoms with E-state index in [-0.39, 0.29) is 11.9 Å². The van der Waals surface area contributed by atoms with Crippen molar-refractivity contribution in [1.82, 2.24) is 10.2 Å². The van der Waals surface area contributed by atoms with Crippen LogP contribution in [0.25, 0.3) is 0 Å². The molecule has 0 radical (unpaired) electrons. The number of nitrogens with one attached hydrogen (secondary N) is 1. The van der Waals surface area contributed by atoms with Crippen molar-refractivity contribution in [3.05, 3.63) is 35.9 Å². The van der Waals surface area contributed by atoms with E-state index in [4.69, 9.17) is 0 Å². The highest BCUT2D eigenvalue weighted by Crippen LogP contribution is 2.16. The molecule has 1 unspecified atom stereocenters. The highest BCUT2D eigenvalue weighted by molar-refractivity contribution is 5.83. The van der Waals surface area contributed by atoms with Crippen molar-refractivity contribution in [2.75, 3.05) is 20.1 Å². The van der Waals surface area contributed by atoms with Gasteiger partial charge in [-0.2, -0.15) is 0 Å². The number of amides is 1. The molecular weight excluding hydrogens is 176 g/mol. The summed E-state index contributed by atoms with van der Waals surface area (Å²) in [6.45, 7) is 1.66. The summed E-state index contributed by atoms with van der Waals surface area (Å²) in [6, 6.07) is 9.68. The fourth-order valence-electron chi connectivity index (χ4n) is 1.70. The van der Waals surface area contributed by atoms with Crippen LogP contribution in [0.5, 0.6) is 0 Å². The summed E-state index contributed by atoms with van der Waals surface area (Å²) in [7, 11) is 1.85. The number of carbonyl (C=O) groups excluding carboxylic acids is 1. The first-order chi connectivity index (χ1) is 6.79. The van der Waals surface area contributed by atoms with Gasteiger partial charge in [-0.25, -0.2) is 0 Å². The molecule has 0 aromatic heterocycles. The lowest BCUT2D eigenvalue weighted by molar-refractivity contribution is -0.134. The smallest absolute Gasteiger partial charge is 0.244 e. The van der Waals surface area contributed by atoms with Crippen molar-refractivity contribution in [3.63, 3.8) is 0 Å². The Balaban J connectivity index is 2.22. The molecular formula is C11H14N2O. The van der Waals surface area contributed by atoms with Gasteiger partial charge in [-0.15, -0.1) is 0 Å². The van der Waals surface area contributed by atoms with Crippen LogP contribution >= 0.6 is 0 Å². The van der Waals surface area contributed by atoms with Gasteiger partial charge in [-0.1, -0.05) is 30.3 Å². The number of nitrogens with zero attached hydrogens (tertiary/aromatic N) is 1. The maximum absolute atomic E-state index is 11.8. The first-order valence-corrected chi connectivity index (χ1v) is 4.82. The maximum atomic E-state index is 11.8. The van der Waals surface area contributed by atoms with Crippen molar-refractivity contribution < 1.29 is 4.79 Å².